The summed E-state index contributed by atoms with van der Waals surface area (Å²) >= 11 is 3.43. The third kappa shape index (κ3) is 2.73. The average molecular weight is 450 g/mol. The number of nitrogens with zero attached hydrogens (tertiary/aromatic N) is 3. The molecular weight excluding hydrogens is 434 g/mol. The largest absolute Gasteiger partial charge is 0.497 e. The van der Waals surface area contributed by atoms with Crippen LogP contribution in [0.3, 0.4) is 0 Å². The van der Waals surface area contributed by atoms with Crippen LogP contribution in [-0.2, 0) is 13.1 Å². The molecule has 2 aromatic carbocycles. The molecule has 1 aliphatic rings. The van der Waals surface area contributed by atoms with Gasteiger partial charge in [0, 0.05) is 46.5 Å². The summed E-state index contributed by atoms with van der Waals surface area (Å²) in [6.45, 7) is 1.06. The van der Waals surface area contributed by atoms with Crippen molar-refractivity contribution in [3.63, 3.8) is 0 Å². The van der Waals surface area contributed by atoms with Crippen molar-refractivity contribution in [2.45, 2.75) is 13.1 Å². The Labute approximate surface area is 174 Å². The Morgan fingerprint density at radius 2 is 1.90 bits per heavy atom. The van der Waals surface area contributed by atoms with Gasteiger partial charge in [-0.05, 0) is 35.9 Å². The van der Waals surface area contributed by atoms with E-state index < -0.39 is 0 Å². The van der Waals surface area contributed by atoms with Gasteiger partial charge in [0.15, 0.2) is 5.78 Å². The van der Waals surface area contributed by atoms with Crippen LogP contribution < -0.4 is 10.3 Å². The smallest absolute Gasteiger partial charge is 0.259 e. The van der Waals surface area contributed by atoms with Crippen molar-refractivity contribution in [2.75, 3.05) is 7.11 Å². The molecule has 29 heavy (non-hydrogen) atoms. The van der Waals surface area contributed by atoms with E-state index in [4.69, 9.17) is 4.74 Å². The van der Waals surface area contributed by atoms with Gasteiger partial charge in [0.1, 0.15) is 5.75 Å². The number of carbonyl (C=O) groups is 1. The molecule has 2 aromatic heterocycles. The molecule has 7 heteroatoms. The fraction of sp³-hybridized carbons (Fsp3) is 0.136. The maximum absolute atomic E-state index is 13.5. The minimum atomic E-state index is -0.160. The Hall–Kier alpha value is -3.19. The van der Waals surface area contributed by atoms with Crippen molar-refractivity contribution in [1.82, 2.24) is 14.1 Å². The van der Waals surface area contributed by atoms with Gasteiger partial charge in [-0.25, -0.2) is 4.98 Å². The molecule has 6 nitrogen and oxygen atoms in total. The zero-order valence-electron chi connectivity index (χ0n) is 15.6. The molecule has 0 radical (unpaired) electrons. The second kappa shape index (κ2) is 6.70. The van der Waals surface area contributed by atoms with E-state index >= 15 is 0 Å². The van der Waals surface area contributed by atoms with Crippen molar-refractivity contribution in [3.05, 3.63) is 81.1 Å². The lowest BCUT2D eigenvalue weighted by atomic mass is 10.0. The van der Waals surface area contributed by atoms with Crippen molar-refractivity contribution < 1.29 is 9.53 Å². The van der Waals surface area contributed by atoms with E-state index in [1.165, 1.54) is 0 Å². The topological polar surface area (TPSA) is 66.1 Å². The third-order valence-corrected chi connectivity index (χ3v) is 5.83. The van der Waals surface area contributed by atoms with Gasteiger partial charge in [-0.3, -0.25) is 9.59 Å². The number of fused-ring (bicyclic) bond motifs is 5. The number of hydrogen-bond acceptors (Lipinski definition) is 4. The Kier molecular flexibility index (Phi) is 4.13. The zero-order valence-corrected chi connectivity index (χ0v) is 17.1. The van der Waals surface area contributed by atoms with E-state index in [1.54, 1.807) is 30.3 Å². The lowest BCUT2D eigenvalue weighted by Gasteiger charge is -2.15. The van der Waals surface area contributed by atoms with Crippen LogP contribution in [-0.4, -0.2) is 27.0 Å². The van der Waals surface area contributed by atoms with Crippen molar-refractivity contribution in [1.29, 1.82) is 0 Å². The second-order valence-corrected chi connectivity index (χ2v) is 7.83. The highest BCUT2D eigenvalue weighted by atomic mass is 79.9. The minimum absolute atomic E-state index is 0.131. The van der Waals surface area contributed by atoms with Crippen LogP contribution in [0.5, 0.6) is 5.75 Å². The van der Waals surface area contributed by atoms with E-state index in [0.717, 1.165) is 15.4 Å². The summed E-state index contributed by atoms with van der Waals surface area (Å²) in [6.07, 6.45) is 5.29. The summed E-state index contributed by atoms with van der Waals surface area (Å²) in [5.41, 5.74) is 2.70. The summed E-state index contributed by atoms with van der Waals surface area (Å²) in [7, 11) is 1.59. The quantitative estimate of drug-likeness (QED) is 0.417. The van der Waals surface area contributed by atoms with Crippen LogP contribution in [0, 0.1) is 0 Å². The first kappa shape index (κ1) is 17.9. The lowest BCUT2D eigenvalue weighted by Crippen LogP contribution is -2.25. The van der Waals surface area contributed by atoms with Gasteiger partial charge >= 0.3 is 0 Å². The molecule has 0 atom stereocenters. The Bertz CT molecular complexity index is 1340. The number of imidazole rings is 1. The Morgan fingerprint density at radius 1 is 1.03 bits per heavy atom. The van der Waals surface area contributed by atoms with E-state index in [9.17, 15) is 9.59 Å². The van der Waals surface area contributed by atoms with Gasteiger partial charge in [-0.1, -0.05) is 22.0 Å². The molecule has 0 spiro atoms. The van der Waals surface area contributed by atoms with E-state index in [-0.39, 0.29) is 11.3 Å². The summed E-state index contributed by atoms with van der Waals surface area (Å²) in [4.78, 5) is 30.8. The number of methoxy groups -OCH3 is 1. The molecule has 0 aliphatic heterocycles. The number of carbonyl (C=O) groups excluding carboxylic acids is 1. The van der Waals surface area contributed by atoms with Crippen LogP contribution in [0.4, 0.5) is 0 Å². The summed E-state index contributed by atoms with van der Waals surface area (Å²) in [5.74, 6) is 0.512. The highest BCUT2D eigenvalue weighted by molar-refractivity contribution is 9.10. The Morgan fingerprint density at radius 3 is 2.66 bits per heavy atom. The number of pyridine rings is 1. The fourth-order valence-corrected chi connectivity index (χ4v) is 4.32. The van der Waals surface area contributed by atoms with Crippen LogP contribution in [0.2, 0.25) is 0 Å². The number of benzene rings is 2. The van der Waals surface area contributed by atoms with Crippen molar-refractivity contribution >= 4 is 32.6 Å². The molecule has 5 rings (SSSR count). The van der Waals surface area contributed by atoms with Crippen LogP contribution in [0.25, 0.3) is 22.0 Å². The molecule has 0 saturated heterocycles. The predicted molar refractivity (Wildman–Crippen MR) is 114 cm³/mol. The molecule has 0 amide bonds. The number of rotatable bonds is 4. The number of ether oxygens (including phenoxy) is 1. The molecule has 0 unspecified atom stereocenters. The first-order valence-electron chi connectivity index (χ1n) is 9.13. The molecular formula is C22H16BrN3O3. The SMILES string of the molecule is COc1ccc2c(c1)c1c(c(=O)n2CCn2ccnc2)-c2ccc(Br)cc2C1=O. The molecule has 2 heterocycles. The van der Waals surface area contributed by atoms with E-state index in [1.807, 2.05) is 41.1 Å². The first-order chi connectivity index (χ1) is 14.1. The highest BCUT2D eigenvalue weighted by Gasteiger charge is 2.33. The monoisotopic (exact) mass is 449 g/mol. The molecule has 0 N–H and O–H groups in total. The molecule has 4 aromatic rings. The summed E-state index contributed by atoms with van der Waals surface area (Å²) in [5, 5.41) is 0.724. The number of hydrogen-bond donors (Lipinski definition) is 0. The lowest BCUT2D eigenvalue weighted by molar-refractivity contribution is 0.104. The normalized spacial score (nSPS) is 12.3. The number of aryl methyl sites for hydroxylation is 2. The first-order valence-corrected chi connectivity index (χ1v) is 9.92. The summed E-state index contributed by atoms with van der Waals surface area (Å²) in [6, 6.07) is 10.9. The van der Waals surface area contributed by atoms with Crippen LogP contribution in [0.1, 0.15) is 15.9 Å². The minimum Gasteiger partial charge on any atom is -0.497 e. The molecule has 0 bridgehead atoms. The zero-order chi connectivity index (χ0) is 20.1. The van der Waals surface area contributed by atoms with Gasteiger partial charge in [-0.15, -0.1) is 0 Å². The second-order valence-electron chi connectivity index (χ2n) is 6.91. The fourth-order valence-electron chi connectivity index (χ4n) is 3.96. The number of aromatic nitrogens is 3. The Balaban J connectivity index is 1.80. The van der Waals surface area contributed by atoms with Gasteiger partial charge in [0.05, 0.1) is 24.5 Å². The van der Waals surface area contributed by atoms with Crippen LogP contribution >= 0.6 is 15.9 Å². The number of ketones is 1. The predicted octanol–water partition coefficient (Wildman–Crippen LogP) is 3.88. The van der Waals surface area contributed by atoms with Gasteiger partial charge in [0.25, 0.3) is 5.56 Å². The summed E-state index contributed by atoms with van der Waals surface area (Å²) < 4.78 is 9.85. The van der Waals surface area contributed by atoms with Gasteiger partial charge in [-0.2, -0.15) is 0 Å². The maximum Gasteiger partial charge on any atom is 0.259 e. The molecule has 0 saturated carbocycles. The maximum atomic E-state index is 13.5. The van der Waals surface area contributed by atoms with Crippen LogP contribution in [0.15, 0.2) is 64.4 Å². The van der Waals surface area contributed by atoms with E-state index in [2.05, 4.69) is 20.9 Å². The van der Waals surface area contributed by atoms with Crippen molar-refractivity contribution in [2.24, 2.45) is 0 Å². The molecule has 0 fully saturated rings. The third-order valence-electron chi connectivity index (χ3n) is 5.34. The van der Waals surface area contributed by atoms with Gasteiger partial charge < -0.3 is 13.9 Å². The molecule has 1 aliphatic carbocycles. The highest BCUT2D eigenvalue weighted by Crippen LogP contribution is 2.40. The van der Waals surface area contributed by atoms with E-state index in [0.29, 0.717) is 41.1 Å². The number of halogens is 1. The molecule has 144 valence electrons. The van der Waals surface area contributed by atoms with Crippen molar-refractivity contribution in [3.8, 4) is 16.9 Å². The van der Waals surface area contributed by atoms with Gasteiger partial charge in [0.2, 0.25) is 0 Å². The average Bonchev–Trinajstić information content (AvgIpc) is 3.34. The standard InChI is InChI=1S/C22H16BrN3O3/c1-29-14-3-5-18-17(11-14)19-20(15-4-2-13(23)10-16(15)21(19)27)22(28)26(18)9-8-25-7-6-24-12-25/h2-7,10-12H,8-9H2,1H3.